The lowest BCUT2D eigenvalue weighted by atomic mass is 10.1. The number of carboxylic acid groups (broad SMARTS) is 1. The third-order valence-corrected chi connectivity index (χ3v) is 7.09. The largest absolute Gasteiger partial charge is 0.493 e. The van der Waals surface area contributed by atoms with Crippen LogP contribution in [0.3, 0.4) is 0 Å². The van der Waals surface area contributed by atoms with Gasteiger partial charge in [0.2, 0.25) is 0 Å². The molecule has 3 aromatic rings. The molecule has 0 aliphatic heterocycles. The fraction of sp³-hybridized carbons (Fsp3) is 0.174. The lowest BCUT2D eigenvalue weighted by Gasteiger charge is -2.16. The molecule has 0 saturated heterocycles. The first kappa shape index (κ1) is 25.1. The Kier molecular flexibility index (Phi) is 7.18. The van der Waals surface area contributed by atoms with E-state index in [0.29, 0.717) is 0 Å². The maximum absolute atomic E-state index is 12.8. The fourth-order valence-corrected chi connectivity index (χ4v) is 4.76. The minimum Gasteiger partial charge on any atom is -0.493 e. The Morgan fingerprint density at radius 1 is 0.765 bits per heavy atom. The summed E-state index contributed by atoms with van der Waals surface area (Å²) >= 11 is 0. The molecule has 0 unspecified atom stereocenters. The van der Waals surface area contributed by atoms with E-state index in [9.17, 15) is 26.7 Å². The molecule has 0 heterocycles. The topological polar surface area (TPSA) is 133 Å². The van der Waals surface area contributed by atoms with Gasteiger partial charge in [-0.25, -0.2) is 4.79 Å². The molecule has 0 spiro atoms. The van der Waals surface area contributed by atoms with Crippen LogP contribution in [0.15, 0.2) is 70.5 Å². The number of benzene rings is 3. The van der Waals surface area contributed by atoms with Crippen LogP contribution in [0.5, 0.6) is 17.2 Å². The van der Waals surface area contributed by atoms with E-state index in [2.05, 4.69) is 0 Å². The van der Waals surface area contributed by atoms with Crippen molar-refractivity contribution < 1.29 is 39.8 Å². The van der Waals surface area contributed by atoms with Crippen LogP contribution in [0, 0.1) is 13.8 Å². The highest BCUT2D eigenvalue weighted by atomic mass is 32.2. The second-order valence-corrected chi connectivity index (χ2v) is 10.3. The van der Waals surface area contributed by atoms with Gasteiger partial charge >= 0.3 is 26.2 Å². The zero-order valence-corrected chi connectivity index (χ0v) is 20.1. The maximum Gasteiger partial charge on any atom is 0.343 e. The number of ether oxygens (including phenoxy) is 1. The van der Waals surface area contributed by atoms with Crippen molar-refractivity contribution in [3.63, 3.8) is 0 Å². The van der Waals surface area contributed by atoms with E-state index in [1.165, 1.54) is 24.3 Å². The summed E-state index contributed by atoms with van der Waals surface area (Å²) in [5.74, 6) is -2.90. The van der Waals surface area contributed by atoms with Gasteiger partial charge in [0.05, 0.1) is 6.61 Å². The van der Waals surface area contributed by atoms with Gasteiger partial charge in [-0.1, -0.05) is 35.4 Å². The van der Waals surface area contributed by atoms with Crippen molar-refractivity contribution in [2.24, 2.45) is 0 Å². The molecule has 0 bridgehead atoms. The summed E-state index contributed by atoms with van der Waals surface area (Å²) in [5, 5.41) is 9.69. The predicted octanol–water partition coefficient (Wildman–Crippen LogP) is 3.94. The van der Waals surface area contributed by atoms with Crippen molar-refractivity contribution >= 4 is 26.2 Å². The minimum absolute atomic E-state index is 0.0125. The predicted molar refractivity (Wildman–Crippen MR) is 123 cm³/mol. The molecule has 0 aliphatic carbocycles. The van der Waals surface area contributed by atoms with Crippen molar-refractivity contribution in [1.29, 1.82) is 0 Å². The lowest BCUT2D eigenvalue weighted by molar-refractivity contribution is 0.0690. The highest BCUT2D eigenvalue weighted by molar-refractivity contribution is 7.87. The average molecular weight is 507 g/mol. The first-order valence-electron chi connectivity index (χ1n) is 9.99. The molecule has 3 aromatic carbocycles. The Balaban J connectivity index is 2.09. The summed E-state index contributed by atoms with van der Waals surface area (Å²) in [7, 11) is -8.78. The Morgan fingerprint density at radius 3 is 1.65 bits per heavy atom. The Labute approximate surface area is 197 Å². The highest BCUT2D eigenvalue weighted by Crippen LogP contribution is 2.37. The number of hydrogen-bond donors (Lipinski definition) is 1. The zero-order valence-electron chi connectivity index (χ0n) is 18.5. The Morgan fingerprint density at radius 2 is 1.21 bits per heavy atom. The van der Waals surface area contributed by atoms with Gasteiger partial charge in [0.15, 0.2) is 5.75 Å². The lowest BCUT2D eigenvalue weighted by Crippen LogP contribution is -2.15. The van der Waals surface area contributed by atoms with Crippen LogP contribution in [-0.4, -0.2) is 34.5 Å². The van der Waals surface area contributed by atoms with Gasteiger partial charge in [0.25, 0.3) is 0 Å². The summed E-state index contributed by atoms with van der Waals surface area (Å²) < 4.78 is 66.6. The van der Waals surface area contributed by atoms with E-state index in [-0.39, 0.29) is 27.9 Å². The first-order valence-corrected chi connectivity index (χ1v) is 12.8. The van der Waals surface area contributed by atoms with E-state index >= 15 is 0 Å². The standard InChI is InChI=1S/C23H22O9S2/c1-4-30-20-13-17(31-33(26,27)18-9-5-15(2)6-10-18)14-21(22(20)23(24)25)32-34(28,29)19-11-7-16(3)8-12-19/h5-14H,4H2,1-3H3,(H,24,25). The van der Waals surface area contributed by atoms with Gasteiger partial charge in [-0.15, -0.1) is 0 Å². The number of hydrogen-bond acceptors (Lipinski definition) is 8. The third kappa shape index (κ3) is 5.67. The number of aryl methyl sites for hydroxylation is 2. The summed E-state index contributed by atoms with van der Waals surface area (Å²) in [6, 6.07) is 13.5. The smallest absolute Gasteiger partial charge is 0.343 e. The SMILES string of the molecule is CCOc1cc(OS(=O)(=O)c2ccc(C)cc2)cc(OS(=O)(=O)c2ccc(C)cc2)c1C(=O)O. The molecule has 0 atom stereocenters. The number of rotatable bonds is 9. The minimum atomic E-state index is -4.46. The molecule has 3 rings (SSSR count). The molecule has 1 N–H and O–H groups in total. The first-order chi connectivity index (χ1) is 15.9. The van der Waals surface area contributed by atoms with Crippen LogP contribution >= 0.6 is 0 Å². The van der Waals surface area contributed by atoms with Crippen LogP contribution in [0.4, 0.5) is 0 Å². The van der Waals surface area contributed by atoms with Crippen molar-refractivity contribution in [1.82, 2.24) is 0 Å². The van der Waals surface area contributed by atoms with E-state index in [1.807, 2.05) is 0 Å². The second-order valence-electron chi connectivity index (χ2n) is 7.23. The number of carbonyl (C=O) groups is 1. The molecule has 180 valence electrons. The molecular formula is C23H22O9S2. The van der Waals surface area contributed by atoms with Crippen LogP contribution in [-0.2, 0) is 20.2 Å². The third-order valence-electron chi connectivity index (χ3n) is 4.58. The van der Waals surface area contributed by atoms with Gasteiger partial charge in [0.1, 0.15) is 26.9 Å². The average Bonchev–Trinajstić information content (AvgIpc) is 2.73. The quantitative estimate of drug-likeness (QED) is 0.428. The molecule has 0 aliphatic rings. The van der Waals surface area contributed by atoms with Crippen LogP contribution < -0.4 is 13.1 Å². The number of carboxylic acids is 1. The molecule has 0 amide bonds. The summed E-state index contributed by atoms with van der Waals surface area (Å²) in [4.78, 5) is 11.6. The van der Waals surface area contributed by atoms with E-state index in [0.717, 1.165) is 23.3 Å². The monoisotopic (exact) mass is 506 g/mol. The normalized spacial score (nSPS) is 11.6. The van der Waals surface area contributed by atoms with Crippen molar-refractivity contribution in [3.8, 4) is 17.2 Å². The second kappa shape index (κ2) is 9.74. The molecule has 0 aromatic heterocycles. The molecule has 11 heteroatoms. The van der Waals surface area contributed by atoms with Crippen molar-refractivity contribution in [2.75, 3.05) is 6.61 Å². The van der Waals surface area contributed by atoms with Crippen molar-refractivity contribution in [3.05, 3.63) is 77.4 Å². The van der Waals surface area contributed by atoms with Gasteiger partial charge in [-0.05, 0) is 45.0 Å². The Hall–Kier alpha value is -3.57. The highest BCUT2D eigenvalue weighted by Gasteiger charge is 2.27. The zero-order chi connectivity index (χ0) is 25.1. The van der Waals surface area contributed by atoms with Gasteiger partial charge in [-0.2, -0.15) is 16.8 Å². The van der Waals surface area contributed by atoms with E-state index in [4.69, 9.17) is 13.1 Å². The fourth-order valence-electron chi connectivity index (χ4n) is 2.91. The molecule has 0 saturated carbocycles. The van der Waals surface area contributed by atoms with Gasteiger partial charge in [-0.3, -0.25) is 0 Å². The van der Waals surface area contributed by atoms with E-state index in [1.54, 1.807) is 45.0 Å². The molecule has 9 nitrogen and oxygen atoms in total. The molecule has 34 heavy (non-hydrogen) atoms. The van der Waals surface area contributed by atoms with Crippen LogP contribution in [0.1, 0.15) is 28.4 Å². The molecular weight excluding hydrogens is 484 g/mol. The maximum atomic E-state index is 12.8. The van der Waals surface area contributed by atoms with Gasteiger partial charge < -0.3 is 18.2 Å². The summed E-state index contributed by atoms with van der Waals surface area (Å²) in [5.41, 5.74) is 1.04. The molecule has 0 radical (unpaired) electrons. The summed E-state index contributed by atoms with van der Waals surface area (Å²) in [6.45, 7) is 5.14. The van der Waals surface area contributed by atoms with E-state index < -0.39 is 37.5 Å². The summed E-state index contributed by atoms with van der Waals surface area (Å²) in [6.07, 6.45) is 0. The van der Waals surface area contributed by atoms with Gasteiger partial charge in [0, 0.05) is 12.1 Å². The van der Waals surface area contributed by atoms with Crippen molar-refractivity contribution in [2.45, 2.75) is 30.6 Å². The number of aromatic carboxylic acids is 1. The molecule has 0 fully saturated rings. The van der Waals surface area contributed by atoms with Crippen LogP contribution in [0.25, 0.3) is 0 Å². The Bertz CT molecular complexity index is 1410. The van der Waals surface area contributed by atoms with Crippen LogP contribution in [0.2, 0.25) is 0 Å².